The smallest absolute Gasteiger partial charge is 0.270 e. The van der Waals surface area contributed by atoms with Crippen molar-refractivity contribution in [3.63, 3.8) is 0 Å². The van der Waals surface area contributed by atoms with Gasteiger partial charge in [-0.25, -0.2) is 0 Å². The van der Waals surface area contributed by atoms with Gasteiger partial charge in [0.25, 0.3) is 5.91 Å². The molecule has 0 radical (unpaired) electrons. The first-order valence-electron chi connectivity index (χ1n) is 8.31. The van der Waals surface area contributed by atoms with E-state index in [1.165, 1.54) is 0 Å². The molecule has 0 atom stereocenters. The van der Waals surface area contributed by atoms with E-state index in [0.717, 1.165) is 16.8 Å². The Morgan fingerprint density at radius 2 is 1.88 bits per heavy atom. The lowest BCUT2D eigenvalue weighted by Gasteiger charge is -2.14. The molecular formula is C19H24N4O. The number of carbonyl (C=O) groups is 1. The van der Waals surface area contributed by atoms with E-state index in [9.17, 15) is 4.79 Å². The zero-order valence-corrected chi connectivity index (χ0v) is 14.9. The van der Waals surface area contributed by atoms with Crippen LogP contribution >= 0.6 is 0 Å². The lowest BCUT2D eigenvalue weighted by atomic mass is 10.0. The molecule has 1 amide bonds. The number of carbonyl (C=O) groups excluding carboxylic acids is 1. The minimum atomic E-state index is -0.0945. The molecule has 0 unspecified atom stereocenters. The van der Waals surface area contributed by atoms with Gasteiger partial charge in [-0.2, -0.15) is 10.4 Å². The maximum absolute atomic E-state index is 12.7. The zero-order chi connectivity index (χ0) is 17.9. The van der Waals surface area contributed by atoms with E-state index in [1.807, 2.05) is 46.8 Å². The molecule has 5 nitrogen and oxygen atoms in total. The topological polar surface area (TPSA) is 70.7 Å². The van der Waals surface area contributed by atoms with Gasteiger partial charge >= 0.3 is 0 Å². The Labute approximate surface area is 143 Å². The van der Waals surface area contributed by atoms with Crippen molar-refractivity contribution >= 4 is 5.91 Å². The molecule has 24 heavy (non-hydrogen) atoms. The van der Waals surface area contributed by atoms with Gasteiger partial charge in [-0.05, 0) is 46.2 Å². The highest BCUT2D eigenvalue weighted by molar-refractivity contribution is 5.96. The van der Waals surface area contributed by atoms with Crippen LogP contribution < -0.4 is 5.32 Å². The standard InChI is InChI=1S/C19H24N4O/c1-6-16-17(15-9-7-14(11-20)8-10-15)22-23(13(4)5)18(16)19(24)21-12(2)3/h7-10,12-13H,6H2,1-5H3,(H,21,24). The van der Waals surface area contributed by atoms with Gasteiger partial charge in [0.1, 0.15) is 5.69 Å². The summed E-state index contributed by atoms with van der Waals surface area (Å²) < 4.78 is 1.80. The molecule has 0 fully saturated rings. The van der Waals surface area contributed by atoms with Crippen LogP contribution in [0.5, 0.6) is 0 Å². The fraction of sp³-hybridized carbons (Fsp3) is 0.421. The summed E-state index contributed by atoms with van der Waals surface area (Å²) in [5.74, 6) is -0.0945. The summed E-state index contributed by atoms with van der Waals surface area (Å²) in [4.78, 5) is 12.7. The maximum atomic E-state index is 12.7. The van der Waals surface area contributed by atoms with E-state index in [4.69, 9.17) is 10.4 Å². The van der Waals surface area contributed by atoms with Gasteiger partial charge in [0, 0.05) is 23.2 Å². The second-order valence-corrected chi connectivity index (χ2v) is 6.38. The lowest BCUT2D eigenvalue weighted by molar-refractivity contribution is 0.0929. The largest absolute Gasteiger partial charge is 0.349 e. The third-order valence-corrected chi connectivity index (χ3v) is 3.77. The Balaban J connectivity index is 2.60. The summed E-state index contributed by atoms with van der Waals surface area (Å²) in [6.45, 7) is 9.95. The molecule has 5 heteroatoms. The summed E-state index contributed by atoms with van der Waals surface area (Å²) in [5.41, 5.74) is 3.90. The van der Waals surface area contributed by atoms with Gasteiger partial charge < -0.3 is 5.32 Å². The van der Waals surface area contributed by atoms with Gasteiger partial charge in [-0.3, -0.25) is 9.48 Å². The number of benzene rings is 1. The van der Waals surface area contributed by atoms with Crippen molar-refractivity contribution < 1.29 is 4.79 Å². The molecule has 126 valence electrons. The number of hydrogen-bond donors (Lipinski definition) is 1. The van der Waals surface area contributed by atoms with Crippen molar-refractivity contribution in [1.82, 2.24) is 15.1 Å². The van der Waals surface area contributed by atoms with E-state index >= 15 is 0 Å². The fourth-order valence-corrected chi connectivity index (χ4v) is 2.68. The Kier molecular flexibility index (Phi) is 5.40. The number of rotatable bonds is 5. The number of amides is 1. The number of aromatic nitrogens is 2. The van der Waals surface area contributed by atoms with E-state index in [-0.39, 0.29) is 18.0 Å². The average molecular weight is 324 g/mol. The first kappa shape index (κ1) is 17.7. The normalized spacial score (nSPS) is 10.9. The highest BCUT2D eigenvalue weighted by Crippen LogP contribution is 2.28. The molecule has 0 aliphatic carbocycles. The van der Waals surface area contributed by atoms with Crippen molar-refractivity contribution in [2.75, 3.05) is 0 Å². The van der Waals surface area contributed by atoms with Crippen molar-refractivity contribution in [1.29, 1.82) is 5.26 Å². The predicted octanol–water partition coefficient (Wildman–Crippen LogP) is 3.70. The molecule has 1 N–H and O–H groups in total. The molecule has 2 aromatic rings. The number of nitrogens with zero attached hydrogens (tertiary/aromatic N) is 3. The van der Waals surface area contributed by atoms with E-state index in [1.54, 1.807) is 16.8 Å². The molecule has 1 heterocycles. The van der Waals surface area contributed by atoms with Gasteiger partial charge in [0.15, 0.2) is 0 Å². The first-order valence-corrected chi connectivity index (χ1v) is 8.31. The average Bonchev–Trinajstić information content (AvgIpc) is 2.94. The summed E-state index contributed by atoms with van der Waals surface area (Å²) in [6, 6.07) is 9.58. The van der Waals surface area contributed by atoms with Crippen molar-refractivity contribution in [3.8, 4) is 17.3 Å². The molecule has 0 aliphatic heterocycles. The molecular weight excluding hydrogens is 300 g/mol. The van der Waals surface area contributed by atoms with Crippen LogP contribution in [0, 0.1) is 11.3 Å². The monoisotopic (exact) mass is 324 g/mol. The summed E-state index contributed by atoms with van der Waals surface area (Å²) in [7, 11) is 0. The van der Waals surface area contributed by atoms with Crippen LogP contribution in [0.4, 0.5) is 0 Å². The fourth-order valence-electron chi connectivity index (χ4n) is 2.68. The van der Waals surface area contributed by atoms with E-state index in [2.05, 4.69) is 11.4 Å². The van der Waals surface area contributed by atoms with E-state index in [0.29, 0.717) is 17.7 Å². The first-order chi connectivity index (χ1) is 11.4. The molecule has 0 saturated carbocycles. The summed E-state index contributed by atoms with van der Waals surface area (Å²) >= 11 is 0. The quantitative estimate of drug-likeness (QED) is 0.911. The minimum absolute atomic E-state index is 0.0658. The highest BCUT2D eigenvalue weighted by atomic mass is 16.2. The van der Waals surface area contributed by atoms with Gasteiger partial charge in [-0.1, -0.05) is 19.1 Å². The third kappa shape index (κ3) is 3.48. The molecule has 2 rings (SSSR count). The third-order valence-electron chi connectivity index (χ3n) is 3.77. The van der Waals surface area contributed by atoms with Crippen molar-refractivity contribution in [2.24, 2.45) is 0 Å². The summed E-state index contributed by atoms with van der Waals surface area (Å²) in [5, 5.41) is 16.6. The second-order valence-electron chi connectivity index (χ2n) is 6.38. The molecule has 0 aliphatic rings. The van der Waals surface area contributed by atoms with Crippen LogP contribution in [-0.4, -0.2) is 21.7 Å². The SMILES string of the molecule is CCc1c(-c2ccc(C#N)cc2)nn(C(C)C)c1C(=O)NC(C)C. The maximum Gasteiger partial charge on any atom is 0.270 e. The second kappa shape index (κ2) is 7.31. The Hall–Kier alpha value is -2.61. The zero-order valence-electron chi connectivity index (χ0n) is 14.9. The number of nitrogens with one attached hydrogen (secondary N) is 1. The molecule has 1 aromatic carbocycles. The van der Waals surface area contributed by atoms with Gasteiger partial charge in [-0.15, -0.1) is 0 Å². The molecule has 0 spiro atoms. The minimum Gasteiger partial charge on any atom is -0.349 e. The van der Waals surface area contributed by atoms with Gasteiger partial charge in [0.2, 0.25) is 0 Å². The van der Waals surface area contributed by atoms with Gasteiger partial charge in [0.05, 0.1) is 17.3 Å². The molecule has 0 bridgehead atoms. The summed E-state index contributed by atoms with van der Waals surface area (Å²) in [6.07, 6.45) is 0.711. The van der Waals surface area contributed by atoms with Crippen LogP contribution in [0.2, 0.25) is 0 Å². The highest BCUT2D eigenvalue weighted by Gasteiger charge is 2.24. The molecule has 0 saturated heterocycles. The Morgan fingerprint density at radius 1 is 1.25 bits per heavy atom. The number of nitriles is 1. The van der Waals surface area contributed by atoms with Crippen LogP contribution in [0.3, 0.4) is 0 Å². The van der Waals surface area contributed by atoms with Crippen molar-refractivity contribution in [2.45, 2.75) is 53.1 Å². The lowest BCUT2D eigenvalue weighted by Crippen LogP contribution is -2.33. The van der Waals surface area contributed by atoms with Crippen LogP contribution in [-0.2, 0) is 6.42 Å². The van der Waals surface area contributed by atoms with Crippen LogP contribution in [0.25, 0.3) is 11.3 Å². The molecule has 1 aromatic heterocycles. The van der Waals surface area contributed by atoms with Crippen molar-refractivity contribution in [3.05, 3.63) is 41.1 Å². The predicted molar refractivity (Wildman–Crippen MR) is 94.7 cm³/mol. The van der Waals surface area contributed by atoms with Crippen LogP contribution in [0.1, 0.15) is 62.3 Å². The number of hydrogen-bond acceptors (Lipinski definition) is 3. The van der Waals surface area contributed by atoms with Crippen LogP contribution in [0.15, 0.2) is 24.3 Å². The van der Waals surface area contributed by atoms with E-state index < -0.39 is 0 Å². The Morgan fingerprint density at radius 3 is 2.33 bits per heavy atom. The Bertz CT molecular complexity index is 764.